The van der Waals surface area contributed by atoms with E-state index in [4.69, 9.17) is 4.42 Å². The van der Waals surface area contributed by atoms with Crippen LogP contribution < -0.4 is 5.43 Å². The minimum atomic E-state index is -1.26. The molecule has 0 atom stereocenters. The smallest absolute Gasteiger partial charge is 0.345 e. The fraction of sp³-hybridized carbons (Fsp3) is 0.350. The molecule has 0 unspecified atom stereocenters. The first kappa shape index (κ1) is 18.2. The number of fused-ring (bicyclic) bond motifs is 1. The summed E-state index contributed by atoms with van der Waals surface area (Å²) >= 11 is 0. The molecule has 0 spiro atoms. The summed E-state index contributed by atoms with van der Waals surface area (Å²) in [6.45, 7) is 0. The SMILES string of the molecule is CN(Nc1oc(C=C2C=Nc3ncccc32)c(O)c1C(=O)O)C1CCCCC1. The largest absolute Gasteiger partial charge is 0.504 e. The number of nitrogens with one attached hydrogen (secondary N) is 1. The molecule has 0 amide bonds. The highest BCUT2D eigenvalue weighted by atomic mass is 16.4. The molecular formula is C20H22N4O4. The number of anilines is 1. The molecule has 1 aliphatic carbocycles. The van der Waals surface area contributed by atoms with Crippen LogP contribution in [0.4, 0.5) is 11.7 Å². The molecule has 1 fully saturated rings. The average molecular weight is 382 g/mol. The minimum Gasteiger partial charge on any atom is -0.504 e. The summed E-state index contributed by atoms with van der Waals surface area (Å²) in [4.78, 5) is 20.1. The van der Waals surface area contributed by atoms with Crippen LogP contribution in [-0.4, -0.2) is 45.5 Å². The van der Waals surface area contributed by atoms with Crippen molar-refractivity contribution in [1.29, 1.82) is 0 Å². The van der Waals surface area contributed by atoms with Gasteiger partial charge in [0.1, 0.15) is 0 Å². The van der Waals surface area contributed by atoms with Gasteiger partial charge in [0.05, 0.1) is 0 Å². The third kappa shape index (κ3) is 3.38. The molecule has 0 aromatic carbocycles. The Morgan fingerprint density at radius 1 is 1.36 bits per heavy atom. The molecule has 0 bridgehead atoms. The second kappa shape index (κ2) is 7.47. The van der Waals surface area contributed by atoms with E-state index in [9.17, 15) is 15.0 Å². The van der Waals surface area contributed by atoms with E-state index in [2.05, 4.69) is 15.4 Å². The predicted octanol–water partition coefficient (Wildman–Crippen LogP) is 3.93. The molecule has 8 nitrogen and oxygen atoms in total. The van der Waals surface area contributed by atoms with Gasteiger partial charge >= 0.3 is 5.97 Å². The van der Waals surface area contributed by atoms with Crippen molar-refractivity contribution in [2.75, 3.05) is 12.5 Å². The minimum absolute atomic E-state index is 0.0197. The molecular weight excluding hydrogens is 360 g/mol. The van der Waals surface area contributed by atoms with Crippen molar-refractivity contribution in [3.05, 3.63) is 35.2 Å². The maximum atomic E-state index is 11.7. The van der Waals surface area contributed by atoms with Gasteiger partial charge in [0.15, 0.2) is 22.9 Å². The summed E-state index contributed by atoms with van der Waals surface area (Å²) in [7, 11) is 1.87. The fourth-order valence-electron chi connectivity index (χ4n) is 3.72. The quantitative estimate of drug-likeness (QED) is 0.672. The zero-order chi connectivity index (χ0) is 19.7. The van der Waals surface area contributed by atoms with E-state index in [-0.39, 0.29) is 17.2 Å². The van der Waals surface area contributed by atoms with E-state index >= 15 is 0 Å². The van der Waals surface area contributed by atoms with Crippen LogP contribution in [0.5, 0.6) is 5.75 Å². The molecule has 28 heavy (non-hydrogen) atoms. The number of carboxylic acid groups (broad SMARTS) is 1. The van der Waals surface area contributed by atoms with Crippen molar-refractivity contribution in [3.63, 3.8) is 0 Å². The highest BCUT2D eigenvalue weighted by Gasteiger charge is 2.28. The second-order valence-electron chi connectivity index (χ2n) is 7.07. The molecule has 0 radical (unpaired) electrons. The summed E-state index contributed by atoms with van der Waals surface area (Å²) in [5.41, 5.74) is 4.22. The van der Waals surface area contributed by atoms with Crippen molar-refractivity contribution in [2.24, 2.45) is 4.99 Å². The zero-order valence-electron chi connectivity index (χ0n) is 15.6. The molecule has 2 aromatic heterocycles. The van der Waals surface area contributed by atoms with Crippen LogP contribution in [0.2, 0.25) is 0 Å². The van der Waals surface area contributed by atoms with Gasteiger partial charge in [0, 0.05) is 36.6 Å². The number of rotatable bonds is 5. The van der Waals surface area contributed by atoms with E-state index in [1.54, 1.807) is 24.6 Å². The number of aromatic nitrogens is 1. The number of aromatic carboxylic acids is 1. The van der Waals surface area contributed by atoms with Crippen LogP contribution in [0.15, 0.2) is 27.7 Å². The molecule has 3 N–H and O–H groups in total. The number of aliphatic imine (C=N–C) groups is 1. The molecule has 1 saturated carbocycles. The van der Waals surface area contributed by atoms with Gasteiger partial charge in [-0.05, 0) is 31.1 Å². The summed E-state index contributed by atoms with van der Waals surface area (Å²) in [6.07, 6.45) is 10.4. The number of hydrazine groups is 1. The zero-order valence-corrected chi connectivity index (χ0v) is 15.6. The Morgan fingerprint density at radius 2 is 2.14 bits per heavy atom. The van der Waals surface area contributed by atoms with Gasteiger partial charge in [-0.15, -0.1) is 0 Å². The highest BCUT2D eigenvalue weighted by molar-refractivity contribution is 6.21. The maximum absolute atomic E-state index is 11.7. The van der Waals surface area contributed by atoms with E-state index in [1.807, 2.05) is 18.1 Å². The van der Waals surface area contributed by atoms with Crippen molar-refractivity contribution < 1.29 is 19.4 Å². The van der Waals surface area contributed by atoms with Crippen LogP contribution in [0.1, 0.15) is 53.8 Å². The number of carbonyl (C=O) groups is 1. The molecule has 2 aliphatic rings. The Morgan fingerprint density at radius 3 is 2.89 bits per heavy atom. The first-order valence-electron chi connectivity index (χ1n) is 9.34. The lowest BCUT2D eigenvalue weighted by molar-refractivity contribution is 0.0694. The van der Waals surface area contributed by atoms with Crippen molar-refractivity contribution >= 4 is 35.5 Å². The average Bonchev–Trinajstić information content (AvgIpc) is 3.24. The second-order valence-corrected chi connectivity index (χ2v) is 7.07. The van der Waals surface area contributed by atoms with E-state index in [0.717, 1.165) is 31.2 Å². The summed E-state index contributed by atoms with van der Waals surface area (Å²) in [6, 6.07) is 3.94. The van der Waals surface area contributed by atoms with Gasteiger partial charge in [-0.25, -0.2) is 19.8 Å². The number of hydrogen-bond donors (Lipinski definition) is 3. The van der Waals surface area contributed by atoms with Crippen molar-refractivity contribution in [1.82, 2.24) is 9.99 Å². The number of allylic oxidation sites excluding steroid dienone is 1. The molecule has 146 valence electrons. The van der Waals surface area contributed by atoms with Gasteiger partial charge in [-0.2, -0.15) is 0 Å². The maximum Gasteiger partial charge on any atom is 0.345 e. The lowest BCUT2D eigenvalue weighted by Crippen LogP contribution is -2.37. The highest BCUT2D eigenvalue weighted by Crippen LogP contribution is 2.38. The topological polar surface area (TPSA) is 111 Å². The van der Waals surface area contributed by atoms with E-state index in [0.29, 0.717) is 17.4 Å². The van der Waals surface area contributed by atoms with Crippen molar-refractivity contribution in [2.45, 2.75) is 38.1 Å². The molecule has 0 saturated heterocycles. The van der Waals surface area contributed by atoms with Gasteiger partial charge in [-0.3, -0.25) is 5.43 Å². The first-order valence-corrected chi connectivity index (χ1v) is 9.34. The van der Waals surface area contributed by atoms with Crippen LogP contribution >= 0.6 is 0 Å². The predicted molar refractivity (Wildman–Crippen MR) is 106 cm³/mol. The number of furan rings is 1. The summed E-state index contributed by atoms with van der Waals surface area (Å²) in [5.74, 6) is -1.01. The molecule has 3 heterocycles. The molecule has 8 heteroatoms. The van der Waals surface area contributed by atoms with Gasteiger partial charge in [0.2, 0.25) is 5.88 Å². The van der Waals surface area contributed by atoms with Crippen molar-refractivity contribution in [3.8, 4) is 5.75 Å². The third-order valence-electron chi connectivity index (χ3n) is 5.23. The number of aromatic hydroxyl groups is 1. The normalized spacial score (nSPS) is 18.0. The van der Waals surface area contributed by atoms with E-state index in [1.165, 1.54) is 6.42 Å². The number of nitrogens with zero attached hydrogens (tertiary/aromatic N) is 3. The third-order valence-corrected chi connectivity index (χ3v) is 5.23. The summed E-state index contributed by atoms with van der Waals surface area (Å²) in [5, 5.41) is 21.9. The molecule has 1 aliphatic heterocycles. The van der Waals surface area contributed by atoms with Crippen LogP contribution in [-0.2, 0) is 0 Å². The Kier molecular flexibility index (Phi) is 4.87. The van der Waals surface area contributed by atoms with Crippen LogP contribution in [0, 0.1) is 0 Å². The lowest BCUT2D eigenvalue weighted by Gasteiger charge is -2.31. The lowest BCUT2D eigenvalue weighted by atomic mass is 9.95. The number of hydrogen-bond acceptors (Lipinski definition) is 7. The number of carboxylic acids is 1. The molecule has 4 rings (SSSR count). The van der Waals surface area contributed by atoms with Crippen LogP contribution in [0.3, 0.4) is 0 Å². The Hall–Kier alpha value is -3.13. The molecule has 2 aromatic rings. The van der Waals surface area contributed by atoms with Gasteiger partial charge < -0.3 is 14.6 Å². The Balaban J connectivity index is 1.65. The Labute approximate surface area is 162 Å². The standard InChI is InChI=1S/C20H22N4O4/c1-24(13-6-3-2-4-7-13)23-19-16(20(26)27)17(25)15(28-19)10-12-11-22-18-14(12)8-5-9-21-18/h5,8-11,13,23,25H,2-4,6-7H2,1H3,(H,26,27). The van der Waals surface area contributed by atoms with Gasteiger partial charge in [0.25, 0.3) is 0 Å². The first-order chi connectivity index (χ1) is 13.5. The monoisotopic (exact) mass is 382 g/mol. The number of pyridine rings is 1. The fourth-order valence-corrected chi connectivity index (χ4v) is 3.72. The summed E-state index contributed by atoms with van der Waals surface area (Å²) < 4.78 is 5.70. The van der Waals surface area contributed by atoms with Gasteiger partial charge in [-0.1, -0.05) is 19.3 Å². The van der Waals surface area contributed by atoms with Crippen LogP contribution in [0.25, 0.3) is 11.6 Å². The van der Waals surface area contributed by atoms with E-state index < -0.39 is 11.7 Å². The Bertz CT molecular complexity index is 957.